The summed E-state index contributed by atoms with van der Waals surface area (Å²) in [7, 11) is 1.68. The third kappa shape index (κ3) is 5.16. The van der Waals surface area contributed by atoms with Gasteiger partial charge < -0.3 is 14.8 Å². The van der Waals surface area contributed by atoms with Crippen molar-refractivity contribution in [2.75, 3.05) is 25.6 Å². The summed E-state index contributed by atoms with van der Waals surface area (Å²) < 4.78 is 10.5. The Morgan fingerprint density at radius 1 is 1.19 bits per heavy atom. The number of thiophene rings is 1. The zero-order valence-electron chi connectivity index (χ0n) is 12.9. The molecule has 0 aliphatic heterocycles. The summed E-state index contributed by atoms with van der Waals surface area (Å²) in [6.45, 7) is 6.20. The SMILES string of the molecule is COCCOCc1cccc(NC(C)c2ccc(C)s2)c1. The quantitative estimate of drug-likeness (QED) is 0.734. The Labute approximate surface area is 130 Å². The van der Waals surface area contributed by atoms with E-state index in [-0.39, 0.29) is 0 Å². The first-order chi connectivity index (χ1) is 10.2. The van der Waals surface area contributed by atoms with E-state index < -0.39 is 0 Å². The van der Waals surface area contributed by atoms with Gasteiger partial charge in [-0.05, 0) is 43.7 Å². The highest BCUT2D eigenvalue weighted by Crippen LogP contribution is 2.26. The molecule has 1 atom stereocenters. The second-order valence-corrected chi connectivity index (χ2v) is 6.38. The number of hydrogen-bond acceptors (Lipinski definition) is 4. The fraction of sp³-hybridized carbons (Fsp3) is 0.412. The van der Waals surface area contributed by atoms with Crippen molar-refractivity contribution in [2.45, 2.75) is 26.5 Å². The van der Waals surface area contributed by atoms with Gasteiger partial charge in [0.15, 0.2) is 0 Å². The first-order valence-corrected chi connectivity index (χ1v) is 7.99. The van der Waals surface area contributed by atoms with E-state index in [2.05, 4.69) is 55.6 Å². The van der Waals surface area contributed by atoms with Gasteiger partial charge in [-0.3, -0.25) is 0 Å². The predicted molar refractivity (Wildman–Crippen MR) is 89.1 cm³/mol. The Balaban J connectivity index is 1.91. The van der Waals surface area contributed by atoms with Gasteiger partial charge in [-0.2, -0.15) is 0 Å². The number of aryl methyl sites for hydroxylation is 1. The number of anilines is 1. The Bertz CT molecular complexity index is 553. The summed E-state index contributed by atoms with van der Waals surface area (Å²) in [5.74, 6) is 0. The van der Waals surface area contributed by atoms with Crippen LogP contribution in [0.2, 0.25) is 0 Å². The third-order valence-electron chi connectivity index (χ3n) is 3.20. The molecule has 0 radical (unpaired) electrons. The molecule has 0 saturated heterocycles. The Hall–Kier alpha value is -1.36. The van der Waals surface area contributed by atoms with Crippen LogP contribution in [-0.2, 0) is 16.1 Å². The van der Waals surface area contributed by atoms with Gasteiger partial charge in [0.25, 0.3) is 0 Å². The first kappa shape index (κ1) is 16.0. The van der Waals surface area contributed by atoms with Gasteiger partial charge in [0.2, 0.25) is 0 Å². The summed E-state index contributed by atoms with van der Waals surface area (Å²) in [5.41, 5.74) is 2.30. The van der Waals surface area contributed by atoms with Crippen LogP contribution in [0.3, 0.4) is 0 Å². The summed E-state index contributed by atoms with van der Waals surface area (Å²) >= 11 is 1.84. The van der Waals surface area contributed by atoms with E-state index in [0.29, 0.717) is 25.9 Å². The Morgan fingerprint density at radius 2 is 2.05 bits per heavy atom. The van der Waals surface area contributed by atoms with Crippen LogP contribution in [0.5, 0.6) is 0 Å². The van der Waals surface area contributed by atoms with Crippen molar-refractivity contribution >= 4 is 17.0 Å². The van der Waals surface area contributed by atoms with Gasteiger partial charge in [-0.15, -0.1) is 11.3 Å². The molecule has 0 aliphatic rings. The number of rotatable bonds is 8. The second kappa shape index (κ2) is 8.17. The van der Waals surface area contributed by atoms with Gasteiger partial charge in [0.1, 0.15) is 0 Å². The van der Waals surface area contributed by atoms with Crippen molar-refractivity contribution in [1.82, 2.24) is 0 Å². The molecule has 0 fully saturated rings. The van der Waals surface area contributed by atoms with Gasteiger partial charge in [-0.25, -0.2) is 0 Å². The lowest BCUT2D eigenvalue weighted by molar-refractivity contribution is 0.0617. The van der Waals surface area contributed by atoms with Crippen molar-refractivity contribution in [3.63, 3.8) is 0 Å². The minimum Gasteiger partial charge on any atom is -0.382 e. The molecule has 1 N–H and O–H groups in total. The van der Waals surface area contributed by atoms with Crippen LogP contribution in [0.1, 0.15) is 28.3 Å². The Kier molecular flexibility index (Phi) is 6.23. The predicted octanol–water partition coefficient (Wildman–Crippen LogP) is 4.39. The topological polar surface area (TPSA) is 30.5 Å². The smallest absolute Gasteiger partial charge is 0.0718 e. The second-order valence-electron chi connectivity index (χ2n) is 5.06. The van der Waals surface area contributed by atoms with Crippen molar-refractivity contribution in [2.24, 2.45) is 0 Å². The monoisotopic (exact) mass is 305 g/mol. The fourth-order valence-electron chi connectivity index (χ4n) is 2.09. The standard InChI is InChI=1S/C17H23NO2S/c1-13-7-8-17(21-13)14(2)18-16-6-4-5-15(11-16)12-20-10-9-19-3/h4-8,11,14,18H,9-10,12H2,1-3H3. The van der Waals surface area contributed by atoms with Crippen LogP contribution in [0, 0.1) is 6.92 Å². The molecule has 3 nitrogen and oxygen atoms in total. The number of hydrogen-bond donors (Lipinski definition) is 1. The molecule has 1 unspecified atom stereocenters. The van der Waals surface area contributed by atoms with Gasteiger partial charge in [0.05, 0.1) is 25.9 Å². The van der Waals surface area contributed by atoms with E-state index in [4.69, 9.17) is 9.47 Å². The molecule has 4 heteroatoms. The van der Waals surface area contributed by atoms with E-state index in [9.17, 15) is 0 Å². The average Bonchev–Trinajstić information content (AvgIpc) is 2.91. The van der Waals surface area contributed by atoms with Gasteiger partial charge in [-0.1, -0.05) is 12.1 Å². The number of nitrogens with one attached hydrogen (secondary N) is 1. The van der Waals surface area contributed by atoms with Crippen LogP contribution in [0.25, 0.3) is 0 Å². The van der Waals surface area contributed by atoms with Crippen LogP contribution in [0.4, 0.5) is 5.69 Å². The van der Waals surface area contributed by atoms with E-state index >= 15 is 0 Å². The van der Waals surface area contributed by atoms with E-state index in [1.807, 2.05) is 11.3 Å². The lowest BCUT2D eigenvalue weighted by atomic mass is 10.2. The van der Waals surface area contributed by atoms with E-state index in [0.717, 1.165) is 5.69 Å². The molecule has 114 valence electrons. The molecule has 1 aromatic heterocycles. The van der Waals surface area contributed by atoms with E-state index in [1.165, 1.54) is 15.3 Å². The zero-order chi connectivity index (χ0) is 15.1. The van der Waals surface area contributed by atoms with Crippen LogP contribution >= 0.6 is 11.3 Å². The highest BCUT2D eigenvalue weighted by molar-refractivity contribution is 7.12. The number of benzene rings is 1. The minimum absolute atomic E-state index is 0.313. The molecule has 1 aromatic carbocycles. The molecular formula is C17H23NO2S. The maximum Gasteiger partial charge on any atom is 0.0718 e. The molecule has 0 saturated carbocycles. The molecule has 0 amide bonds. The van der Waals surface area contributed by atoms with Crippen LogP contribution < -0.4 is 5.32 Å². The molecule has 2 rings (SSSR count). The molecular weight excluding hydrogens is 282 g/mol. The van der Waals surface area contributed by atoms with Crippen LogP contribution in [0.15, 0.2) is 36.4 Å². The molecule has 1 heterocycles. The molecule has 0 spiro atoms. The molecule has 21 heavy (non-hydrogen) atoms. The Morgan fingerprint density at radius 3 is 2.76 bits per heavy atom. The maximum atomic E-state index is 5.56. The number of ether oxygens (including phenoxy) is 2. The highest BCUT2D eigenvalue weighted by atomic mass is 32.1. The lowest BCUT2D eigenvalue weighted by Gasteiger charge is -2.14. The van der Waals surface area contributed by atoms with Gasteiger partial charge >= 0.3 is 0 Å². The summed E-state index contributed by atoms with van der Waals surface area (Å²) in [5, 5.41) is 3.54. The normalized spacial score (nSPS) is 12.3. The largest absolute Gasteiger partial charge is 0.382 e. The number of methoxy groups -OCH3 is 1. The van der Waals surface area contributed by atoms with Crippen molar-refractivity contribution in [3.8, 4) is 0 Å². The third-order valence-corrected chi connectivity index (χ3v) is 4.38. The van der Waals surface area contributed by atoms with Crippen molar-refractivity contribution in [1.29, 1.82) is 0 Å². The average molecular weight is 305 g/mol. The van der Waals surface area contributed by atoms with Crippen molar-refractivity contribution < 1.29 is 9.47 Å². The van der Waals surface area contributed by atoms with E-state index in [1.54, 1.807) is 7.11 Å². The summed E-state index contributed by atoms with van der Waals surface area (Å²) in [6, 6.07) is 13.0. The highest BCUT2D eigenvalue weighted by Gasteiger charge is 2.07. The van der Waals surface area contributed by atoms with Crippen LogP contribution in [-0.4, -0.2) is 20.3 Å². The molecule has 0 aliphatic carbocycles. The maximum absolute atomic E-state index is 5.56. The van der Waals surface area contributed by atoms with Crippen molar-refractivity contribution in [3.05, 3.63) is 51.7 Å². The fourth-order valence-corrected chi connectivity index (χ4v) is 2.97. The molecule has 2 aromatic rings. The first-order valence-electron chi connectivity index (χ1n) is 7.17. The molecule has 0 bridgehead atoms. The summed E-state index contributed by atoms with van der Waals surface area (Å²) in [6.07, 6.45) is 0. The van der Waals surface area contributed by atoms with Gasteiger partial charge in [0, 0.05) is 22.6 Å². The summed E-state index contributed by atoms with van der Waals surface area (Å²) in [4.78, 5) is 2.70. The zero-order valence-corrected chi connectivity index (χ0v) is 13.7. The minimum atomic E-state index is 0.313. The lowest BCUT2D eigenvalue weighted by Crippen LogP contribution is -2.06.